The number of hydrogen-bond acceptors (Lipinski definition) is 4. The highest BCUT2D eigenvalue weighted by Crippen LogP contribution is 2.14. The van der Waals surface area contributed by atoms with E-state index in [1.54, 1.807) is 20.9 Å². The Kier molecular flexibility index (Phi) is 2.55. The second-order valence-corrected chi connectivity index (χ2v) is 2.70. The molecular formula is C8H13N3O2. The molecule has 0 radical (unpaired) electrons. The maximum absolute atomic E-state index is 11.3. The molecule has 0 aliphatic carbocycles. The fourth-order valence-electron chi connectivity index (χ4n) is 1.04. The number of rotatable bonds is 2. The highest BCUT2D eigenvalue weighted by atomic mass is 16.5. The Morgan fingerprint density at radius 1 is 1.69 bits per heavy atom. The molecule has 0 aliphatic rings. The minimum absolute atomic E-state index is 0.293. The number of aryl methyl sites for hydroxylation is 1. The number of hydrogen-bond donors (Lipinski definition) is 1. The smallest absolute Gasteiger partial charge is 0.359 e. The zero-order chi connectivity index (χ0) is 10.0. The lowest BCUT2D eigenvalue weighted by molar-refractivity contribution is 0.0518. The molecule has 1 aromatic rings. The van der Waals surface area contributed by atoms with Gasteiger partial charge in [-0.05, 0) is 13.8 Å². The van der Waals surface area contributed by atoms with Crippen molar-refractivity contribution < 1.29 is 9.53 Å². The van der Waals surface area contributed by atoms with Crippen molar-refractivity contribution >= 4 is 11.8 Å². The van der Waals surface area contributed by atoms with Gasteiger partial charge in [0.2, 0.25) is 0 Å². The van der Waals surface area contributed by atoms with Crippen molar-refractivity contribution in [2.45, 2.75) is 13.8 Å². The molecule has 1 aromatic heterocycles. The average molecular weight is 183 g/mol. The van der Waals surface area contributed by atoms with E-state index in [-0.39, 0.29) is 0 Å². The van der Waals surface area contributed by atoms with Gasteiger partial charge in [0.05, 0.1) is 6.61 Å². The monoisotopic (exact) mass is 183 g/mol. The van der Waals surface area contributed by atoms with E-state index in [1.165, 1.54) is 4.68 Å². The van der Waals surface area contributed by atoms with Crippen molar-refractivity contribution in [3.8, 4) is 0 Å². The summed E-state index contributed by atoms with van der Waals surface area (Å²) < 4.78 is 6.27. The van der Waals surface area contributed by atoms with E-state index in [9.17, 15) is 4.79 Å². The van der Waals surface area contributed by atoms with Crippen molar-refractivity contribution in [1.29, 1.82) is 0 Å². The molecule has 0 spiro atoms. The molecule has 0 saturated carbocycles. The Hall–Kier alpha value is -1.52. The molecule has 0 saturated heterocycles. The molecule has 2 N–H and O–H groups in total. The number of carbonyl (C=O) groups is 1. The van der Waals surface area contributed by atoms with Crippen molar-refractivity contribution in [3.63, 3.8) is 0 Å². The van der Waals surface area contributed by atoms with Crippen LogP contribution in [0.3, 0.4) is 0 Å². The van der Waals surface area contributed by atoms with Crippen LogP contribution in [0.1, 0.15) is 23.0 Å². The van der Waals surface area contributed by atoms with Crippen molar-refractivity contribution in [2.75, 3.05) is 12.3 Å². The van der Waals surface area contributed by atoms with E-state index in [0.717, 1.165) is 0 Å². The molecular weight excluding hydrogens is 170 g/mol. The third kappa shape index (κ3) is 1.63. The van der Waals surface area contributed by atoms with Crippen LogP contribution in [-0.2, 0) is 11.8 Å². The van der Waals surface area contributed by atoms with Crippen LogP contribution in [0.5, 0.6) is 0 Å². The lowest BCUT2D eigenvalue weighted by atomic mass is 10.2. The Morgan fingerprint density at radius 2 is 2.31 bits per heavy atom. The average Bonchev–Trinajstić information content (AvgIpc) is 2.33. The number of anilines is 1. The number of esters is 1. The van der Waals surface area contributed by atoms with Crippen LogP contribution >= 0.6 is 0 Å². The van der Waals surface area contributed by atoms with Crippen LogP contribution in [0.4, 0.5) is 5.82 Å². The summed E-state index contributed by atoms with van der Waals surface area (Å²) >= 11 is 0. The quantitative estimate of drug-likeness (QED) is 0.677. The largest absolute Gasteiger partial charge is 0.461 e. The van der Waals surface area contributed by atoms with Gasteiger partial charge in [-0.15, -0.1) is 0 Å². The first kappa shape index (κ1) is 9.57. The minimum atomic E-state index is -0.424. The van der Waals surface area contributed by atoms with E-state index in [0.29, 0.717) is 23.7 Å². The molecule has 72 valence electrons. The van der Waals surface area contributed by atoms with Gasteiger partial charge in [0, 0.05) is 12.6 Å². The molecule has 0 unspecified atom stereocenters. The van der Waals surface area contributed by atoms with E-state index < -0.39 is 5.97 Å². The first-order valence-electron chi connectivity index (χ1n) is 4.04. The van der Waals surface area contributed by atoms with Gasteiger partial charge in [-0.1, -0.05) is 0 Å². The number of nitrogens with zero attached hydrogens (tertiary/aromatic N) is 2. The Morgan fingerprint density at radius 3 is 2.69 bits per heavy atom. The van der Waals surface area contributed by atoms with E-state index in [4.69, 9.17) is 10.5 Å². The number of nitrogens with two attached hydrogens (primary N) is 1. The first-order chi connectivity index (χ1) is 6.07. The highest BCUT2D eigenvalue weighted by Gasteiger charge is 2.17. The normalized spacial score (nSPS) is 10.1. The predicted octanol–water partition coefficient (Wildman–Crippen LogP) is 0.487. The summed E-state index contributed by atoms with van der Waals surface area (Å²) in [6, 6.07) is 0. The van der Waals surface area contributed by atoms with Gasteiger partial charge in [0.15, 0.2) is 5.69 Å². The van der Waals surface area contributed by atoms with Crippen molar-refractivity contribution in [1.82, 2.24) is 9.78 Å². The SMILES string of the molecule is CCOC(=O)c1nn(C)c(N)c1C. The number of ether oxygens (including phenoxy) is 1. The molecule has 0 fully saturated rings. The summed E-state index contributed by atoms with van der Waals surface area (Å²) in [5.74, 6) is 0.0651. The van der Waals surface area contributed by atoms with Crippen molar-refractivity contribution in [2.24, 2.45) is 7.05 Å². The first-order valence-corrected chi connectivity index (χ1v) is 4.04. The summed E-state index contributed by atoms with van der Waals surface area (Å²) in [6.45, 7) is 3.84. The van der Waals surface area contributed by atoms with Crippen LogP contribution in [0, 0.1) is 6.92 Å². The maximum atomic E-state index is 11.3. The summed E-state index contributed by atoms with van der Waals surface area (Å²) in [6.07, 6.45) is 0. The summed E-state index contributed by atoms with van der Waals surface area (Å²) in [4.78, 5) is 11.3. The van der Waals surface area contributed by atoms with E-state index in [1.807, 2.05) is 0 Å². The Bertz CT molecular complexity index is 330. The highest BCUT2D eigenvalue weighted by molar-refractivity contribution is 5.90. The third-order valence-corrected chi connectivity index (χ3v) is 1.81. The second-order valence-electron chi connectivity index (χ2n) is 2.70. The Labute approximate surface area is 76.5 Å². The molecule has 0 aromatic carbocycles. The predicted molar refractivity (Wildman–Crippen MR) is 48.3 cm³/mol. The third-order valence-electron chi connectivity index (χ3n) is 1.81. The lowest BCUT2D eigenvalue weighted by Crippen LogP contribution is -2.07. The molecule has 0 bridgehead atoms. The number of carbonyl (C=O) groups excluding carboxylic acids is 1. The van der Waals surface area contributed by atoms with E-state index >= 15 is 0 Å². The van der Waals surface area contributed by atoms with Crippen LogP contribution in [0.2, 0.25) is 0 Å². The van der Waals surface area contributed by atoms with Crippen molar-refractivity contribution in [3.05, 3.63) is 11.3 Å². The molecule has 1 heterocycles. The van der Waals surface area contributed by atoms with Crippen LogP contribution in [0.15, 0.2) is 0 Å². The topological polar surface area (TPSA) is 70.1 Å². The van der Waals surface area contributed by atoms with Gasteiger partial charge < -0.3 is 10.5 Å². The molecule has 1 rings (SSSR count). The maximum Gasteiger partial charge on any atom is 0.359 e. The molecule has 0 aliphatic heterocycles. The minimum Gasteiger partial charge on any atom is -0.461 e. The molecule has 0 atom stereocenters. The molecule has 5 heteroatoms. The van der Waals surface area contributed by atoms with Gasteiger partial charge in [-0.25, -0.2) is 4.79 Å². The fourth-order valence-corrected chi connectivity index (χ4v) is 1.04. The number of aromatic nitrogens is 2. The van der Waals surface area contributed by atoms with Crippen LogP contribution < -0.4 is 5.73 Å². The number of nitrogen functional groups attached to an aromatic ring is 1. The molecule has 13 heavy (non-hydrogen) atoms. The van der Waals surface area contributed by atoms with Gasteiger partial charge in [0.1, 0.15) is 5.82 Å². The summed E-state index contributed by atoms with van der Waals surface area (Å²) in [5, 5.41) is 3.95. The van der Waals surface area contributed by atoms with Gasteiger partial charge >= 0.3 is 5.97 Å². The lowest BCUT2D eigenvalue weighted by Gasteiger charge is -1.97. The van der Waals surface area contributed by atoms with Gasteiger partial charge in [0.25, 0.3) is 0 Å². The zero-order valence-electron chi connectivity index (χ0n) is 8.00. The second kappa shape index (κ2) is 3.47. The fraction of sp³-hybridized carbons (Fsp3) is 0.500. The molecule has 0 amide bonds. The Balaban J connectivity index is 3.01. The van der Waals surface area contributed by atoms with Crippen LogP contribution in [0.25, 0.3) is 0 Å². The standard InChI is InChI=1S/C8H13N3O2/c1-4-13-8(12)6-5(2)7(9)11(3)10-6/h4,9H2,1-3H3. The van der Waals surface area contributed by atoms with Gasteiger partial charge in [-0.2, -0.15) is 5.10 Å². The van der Waals surface area contributed by atoms with Gasteiger partial charge in [-0.3, -0.25) is 4.68 Å². The van der Waals surface area contributed by atoms with Crippen LogP contribution in [-0.4, -0.2) is 22.4 Å². The van der Waals surface area contributed by atoms with E-state index in [2.05, 4.69) is 5.10 Å². The zero-order valence-corrected chi connectivity index (χ0v) is 8.00. The molecule has 5 nitrogen and oxygen atoms in total. The summed E-state index contributed by atoms with van der Waals surface area (Å²) in [7, 11) is 1.69. The summed E-state index contributed by atoms with van der Waals surface area (Å²) in [5.41, 5.74) is 6.59.